The van der Waals surface area contributed by atoms with Crippen LogP contribution in [0.3, 0.4) is 0 Å². The molecule has 0 radical (unpaired) electrons. The van der Waals surface area contributed by atoms with E-state index in [2.05, 4.69) is 42.2 Å². The fraction of sp³-hybridized carbons (Fsp3) is 0.500. The van der Waals surface area contributed by atoms with Gasteiger partial charge in [0.1, 0.15) is 5.76 Å². The fourth-order valence-corrected chi connectivity index (χ4v) is 4.86. The van der Waals surface area contributed by atoms with Gasteiger partial charge in [0.15, 0.2) is 5.09 Å². The Morgan fingerprint density at radius 1 is 1.00 bits per heavy atom. The van der Waals surface area contributed by atoms with Gasteiger partial charge >= 0.3 is 0 Å². The second-order valence-electron chi connectivity index (χ2n) is 7.46. The predicted molar refractivity (Wildman–Crippen MR) is 97.5 cm³/mol. The fourth-order valence-electron chi connectivity index (χ4n) is 4.07. The third-order valence-electron chi connectivity index (χ3n) is 5.44. The van der Waals surface area contributed by atoms with Crippen molar-refractivity contribution in [2.24, 2.45) is 11.8 Å². The molecule has 4 nitrogen and oxygen atoms in total. The topological polar surface area (TPSA) is 56.8 Å². The van der Waals surface area contributed by atoms with Gasteiger partial charge < -0.3 is 14.6 Å². The Morgan fingerprint density at radius 2 is 1.64 bits per heavy atom. The number of nitrogens with zero attached hydrogens (tertiary/aromatic N) is 1. The van der Waals surface area contributed by atoms with Gasteiger partial charge in [-0.15, -0.1) is 0 Å². The molecule has 4 rings (SSSR count). The van der Waals surface area contributed by atoms with Crippen molar-refractivity contribution in [2.75, 3.05) is 13.1 Å². The first-order valence-corrected chi connectivity index (χ1v) is 9.80. The number of aryl methyl sites for hydroxylation is 1. The molecule has 2 fully saturated rings. The van der Waals surface area contributed by atoms with Crippen LogP contribution in [-0.4, -0.2) is 40.4 Å². The van der Waals surface area contributed by atoms with Crippen molar-refractivity contribution in [1.29, 1.82) is 0 Å². The van der Waals surface area contributed by atoms with Crippen LogP contribution in [0, 0.1) is 18.8 Å². The van der Waals surface area contributed by atoms with E-state index < -0.39 is 12.2 Å². The zero-order chi connectivity index (χ0) is 17.4. The largest absolute Gasteiger partial charge is 0.453 e. The molecule has 134 valence electrons. The number of furan rings is 1. The lowest BCUT2D eigenvalue weighted by atomic mass is 9.79. The number of likely N-dealkylation sites (tertiary alicyclic amines) is 1. The maximum Gasteiger partial charge on any atom is 0.165 e. The molecule has 2 N–H and O–H groups in total. The first kappa shape index (κ1) is 17.2. The number of benzene rings is 1. The summed E-state index contributed by atoms with van der Waals surface area (Å²) < 4.78 is 6.00. The molecule has 2 aromatic rings. The Morgan fingerprint density at radius 3 is 2.28 bits per heavy atom. The molecule has 0 amide bonds. The second kappa shape index (κ2) is 7.16. The third kappa shape index (κ3) is 3.95. The first-order chi connectivity index (χ1) is 12.1. The number of rotatable bonds is 4. The van der Waals surface area contributed by atoms with E-state index in [1.807, 2.05) is 6.07 Å². The van der Waals surface area contributed by atoms with Crippen LogP contribution in [-0.2, 0) is 6.54 Å². The quantitative estimate of drug-likeness (QED) is 0.877. The highest BCUT2D eigenvalue weighted by molar-refractivity contribution is 7.99. The molecule has 1 aromatic carbocycles. The summed E-state index contributed by atoms with van der Waals surface area (Å²) in [5.74, 6) is 1.97. The van der Waals surface area contributed by atoms with E-state index in [-0.39, 0.29) is 0 Å². The van der Waals surface area contributed by atoms with Gasteiger partial charge in [0.25, 0.3) is 0 Å². The highest BCUT2D eigenvalue weighted by Gasteiger charge is 2.41. The molecule has 1 saturated carbocycles. The van der Waals surface area contributed by atoms with E-state index in [0.29, 0.717) is 11.8 Å². The van der Waals surface area contributed by atoms with Crippen LogP contribution in [0.1, 0.15) is 24.2 Å². The van der Waals surface area contributed by atoms with Gasteiger partial charge in [0.2, 0.25) is 0 Å². The zero-order valence-electron chi connectivity index (χ0n) is 14.5. The van der Waals surface area contributed by atoms with Crippen LogP contribution in [0.15, 0.2) is 50.8 Å². The zero-order valence-corrected chi connectivity index (χ0v) is 15.3. The summed E-state index contributed by atoms with van der Waals surface area (Å²) in [7, 11) is 0. The summed E-state index contributed by atoms with van der Waals surface area (Å²) in [6.07, 6.45) is 0.328. The molecule has 25 heavy (non-hydrogen) atoms. The minimum atomic E-state index is -0.553. The molecule has 1 aliphatic heterocycles. The summed E-state index contributed by atoms with van der Waals surface area (Å²) in [6.45, 7) is 4.85. The highest BCUT2D eigenvalue weighted by Crippen LogP contribution is 2.37. The van der Waals surface area contributed by atoms with E-state index >= 15 is 0 Å². The number of aliphatic hydroxyl groups is 2. The van der Waals surface area contributed by atoms with E-state index in [1.54, 1.807) is 11.8 Å². The summed E-state index contributed by atoms with van der Waals surface area (Å²) >= 11 is 1.64. The first-order valence-electron chi connectivity index (χ1n) is 8.98. The van der Waals surface area contributed by atoms with Gasteiger partial charge in [-0.05, 0) is 55.9 Å². The lowest BCUT2D eigenvalue weighted by Crippen LogP contribution is -2.38. The molecule has 0 spiro atoms. The van der Waals surface area contributed by atoms with Crippen molar-refractivity contribution in [3.8, 4) is 0 Å². The summed E-state index contributed by atoms with van der Waals surface area (Å²) in [5.41, 5.74) is 1.26. The molecule has 2 heterocycles. The summed E-state index contributed by atoms with van der Waals surface area (Å²) in [5, 5.41) is 20.7. The summed E-state index contributed by atoms with van der Waals surface area (Å²) in [6, 6.07) is 12.6. The van der Waals surface area contributed by atoms with Crippen molar-refractivity contribution < 1.29 is 14.6 Å². The van der Waals surface area contributed by atoms with Crippen LogP contribution >= 0.6 is 11.8 Å². The minimum absolute atomic E-state index is 0.495. The molecule has 1 saturated heterocycles. The monoisotopic (exact) mass is 359 g/mol. The number of aliphatic hydroxyl groups excluding tert-OH is 2. The number of hydrogen-bond acceptors (Lipinski definition) is 5. The Bertz CT molecular complexity index is 696. The van der Waals surface area contributed by atoms with Crippen molar-refractivity contribution in [2.45, 2.75) is 48.5 Å². The molecule has 2 aliphatic rings. The predicted octanol–water partition coefficient (Wildman–Crippen LogP) is 3.30. The Balaban J connectivity index is 1.35. The SMILES string of the molecule is Cc1ccc(Sc2ccc(CN3C[C@H]4C[C@H](O)[C@@H](O)C[C@H]4C3)o2)cc1. The molecule has 4 atom stereocenters. The normalized spacial score (nSPS) is 29.7. The highest BCUT2D eigenvalue weighted by atomic mass is 32.2. The molecule has 0 bridgehead atoms. The maximum absolute atomic E-state index is 9.87. The lowest BCUT2D eigenvalue weighted by molar-refractivity contribution is -0.0372. The van der Waals surface area contributed by atoms with Crippen molar-refractivity contribution >= 4 is 11.8 Å². The standard InChI is InChI=1S/C20H25NO3S/c1-13-2-5-17(6-3-13)25-20-7-4-16(24-20)12-21-10-14-8-18(22)19(23)9-15(14)11-21/h2-7,14-15,18-19,22-23H,8-12H2,1H3/t14-,15+,18-,19-/m0/s1. The molecular formula is C20H25NO3S. The average molecular weight is 359 g/mol. The van der Waals surface area contributed by atoms with Crippen molar-refractivity contribution in [1.82, 2.24) is 4.90 Å². The van der Waals surface area contributed by atoms with Crippen molar-refractivity contribution in [3.63, 3.8) is 0 Å². The van der Waals surface area contributed by atoms with E-state index in [0.717, 1.165) is 43.3 Å². The third-order valence-corrected chi connectivity index (χ3v) is 6.37. The molecule has 0 unspecified atom stereocenters. The Hall–Kier alpha value is -1.27. The lowest BCUT2D eigenvalue weighted by Gasteiger charge is -2.32. The Kier molecular flexibility index (Phi) is 4.91. The van der Waals surface area contributed by atoms with E-state index in [4.69, 9.17) is 4.42 Å². The van der Waals surface area contributed by atoms with Crippen molar-refractivity contribution in [3.05, 3.63) is 47.7 Å². The van der Waals surface area contributed by atoms with Gasteiger partial charge in [-0.2, -0.15) is 0 Å². The molecule has 1 aromatic heterocycles. The van der Waals surface area contributed by atoms with E-state index in [1.165, 1.54) is 10.5 Å². The van der Waals surface area contributed by atoms with Gasteiger partial charge in [-0.25, -0.2) is 0 Å². The van der Waals surface area contributed by atoms with E-state index in [9.17, 15) is 10.2 Å². The van der Waals surface area contributed by atoms with Crippen LogP contribution in [0.2, 0.25) is 0 Å². The molecular weight excluding hydrogens is 334 g/mol. The van der Waals surface area contributed by atoms with Crippen LogP contribution in [0.5, 0.6) is 0 Å². The van der Waals surface area contributed by atoms with Gasteiger partial charge in [-0.3, -0.25) is 4.90 Å². The smallest absolute Gasteiger partial charge is 0.165 e. The molecule has 5 heteroatoms. The summed E-state index contributed by atoms with van der Waals surface area (Å²) in [4.78, 5) is 3.57. The van der Waals surface area contributed by atoms with Gasteiger partial charge in [0.05, 0.1) is 18.8 Å². The maximum atomic E-state index is 9.87. The van der Waals surface area contributed by atoms with Gasteiger partial charge in [0, 0.05) is 18.0 Å². The Labute approximate surface area is 152 Å². The average Bonchev–Trinajstić information content (AvgIpc) is 3.17. The van der Waals surface area contributed by atoms with Crippen LogP contribution in [0.4, 0.5) is 0 Å². The molecule has 1 aliphatic carbocycles. The number of fused-ring (bicyclic) bond motifs is 1. The van der Waals surface area contributed by atoms with Crippen LogP contribution in [0.25, 0.3) is 0 Å². The van der Waals surface area contributed by atoms with Crippen LogP contribution < -0.4 is 0 Å². The number of hydrogen-bond donors (Lipinski definition) is 2. The second-order valence-corrected chi connectivity index (χ2v) is 8.53. The minimum Gasteiger partial charge on any atom is -0.453 e. The van der Waals surface area contributed by atoms with Gasteiger partial charge in [-0.1, -0.05) is 29.5 Å².